The molecule has 1 unspecified atom stereocenters. The number of nitriles is 1. The lowest BCUT2D eigenvalue weighted by atomic mass is 10.1. The summed E-state index contributed by atoms with van der Waals surface area (Å²) in [6.07, 6.45) is 2.88. The van der Waals surface area contributed by atoms with Crippen LogP contribution in [-0.4, -0.2) is 34.8 Å². The molecular formula is C12H18N2O2S. The SMILES string of the molecule is CC(=O)SCC1CC(=O)N(CCCCC#N)C1. The maximum Gasteiger partial charge on any atom is 0.222 e. The largest absolute Gasteiger partial charge is 0.342 e. The summed E-state index contributed by atoms with van der Waals surface area (Å²) in [6.45, 7) is 3.08. The third-order valence-electron chi connectivity index (χ3n) is 2.78. The van der Waals surface area contributed by atoms with Gasteiger partial charge in [-0.3, -0.25) is 9.59 Å². The van der Waals surface area contributed by atoms with E-state index in [9.17, 15) is 9.59 Å². The van der Waals surface area contributed by atoms with E-state index >= 15 is 0 Å². The normalized spacial score (nSPS) is 19.4. The van der Waals surface area contributed by atoms with E-state index in [4.69, 9.17) is 5.26 Å². The van der Waals surface area contributed by atoms with Crippen LogP contribution in [0, 0.1) is 17.2 Å². The second-order valence-corrected chi connectivity index (χ2v) is 5.52. The average Bonchev–Trinajstić information content (AvgIpc) is 2.63. The molecule has 1 rings (SSSR count). The highest BCUT2D eigenvalue weighted by Crippen LogP contribution is 2.22. The topological polar surface area (TPSA) is 61.2 Å². The smallest absolute Gasteiger partial charge is 0.222 e. The second-order valence-electron chi connectivity index (χ2n) is 4.33. The van der Waals surface area contributed by atoms with Crippen LogP contribution < -0.4 is 0 Å². The molecule has 0 saturated carbocycles. The van der Waals surface area contributed by atoms with Crippen molar-refractivity contribution in [1.29, 1.82) is 5.26 Å². The van der Waals surface area contributed by atoms with Gasteiger partial charge in [-0.25, -0.2) is 0 Å². The molecule has 1 amide bonds. The van der Waals surface area contributed by atoms with Gasteiger partial charge in [0.05, 0.1) is 6.07 Å². The van der Waals surface area contributed by atoms with E-state index in [1.165, 1.54) is 11.8 Å². The Balaban J connectivity index is 2.22. The van der Waals surface area contributed by atoms with Crippen molar-refractivity contribution in [3.8, 4) is 6.07 Å². The van der Waals surface area contributed by atoms with Crippen LogP contribution in [0.5, 0.6) is 0 Å². The second kappa shape index (κ2) is 7.33. The number of carbonyl (C=O) groups is 2. The van der Waals surface area contributed by atoms with Crippen molar-refractivity contribution in [2.24, 2.45) is 5.92 Å². The third kappa shape index (κ3) is 5.22. The van der Waals surface area contributed by atoms with Gasteiger partial charge in [-0.2, -0.15) is 5.26 Å². The molecule has 94 valence electrons. The first-order chi connectivity index (χ1) is 8.13. The van der Waals surface area contributed by atoms with Crippen LogP contribution in [0.4, 0.5) is 0 Å². The predicted molar refractivity (Wildman–Crippen MR) is 67.3 cm³/mol. The molecule has 0 bridgehead atoms. The average molecular weight is 254 g/mol. The standard InChI is InChI=1S/C12H18N2O2S/c1-10(15)17-9-11-7-12(16)14(8-11)6-4-2-3-5-13/h11H,2-4,6-9H2,1H3. The number of hydrogen-bond donors (Lipinski definition) is 0. The maximum atomic E-state index is 11.7. The molecule has 1 fully saturated rings. The summed E-state index contributed by atoms with van der Waals surface area (Å²) < 4.78 is 0. The molecule has 0 aromatic carbocycles. The maximum absolute atomic E-state index is 11.7. The minimum absolute atomic E-state index is 0.116. The molecule has 0 N–H and O–H groups in total. The van der Waals surface area contributed by atoms with Gasteiger partial charge in [-0.15, -0.1) is 0 Å². The Bertz CT molecular complexity index is 325. The van der Waals surface area contributed by atoms with Crippen molar-refractivity contribution < 1.29 is 9.59 Å². The molecule has 1 aliphatic rings. The Morgan fingerprint density at radius 2 is 2.35 bits per heavy atom. The molecule has 17 heavy (non-hydrogen) atoms. The van der Waals surface area contributed by atoms with Gasteiger partial charge in [0.2, 0.25) is 5.91 Å². The van der Waals surface area contributed by atoms with E-state index in [-0.39, 0.29) is 11.0 Å². The van der Waals surface area contributed by atoms with Crippen molar-refractivity contribution in [1.82, 2.24) is 4.90 Å². The Morgan fingerprint density at radius 3 is 3.00 bits per heavy atom. The Kier molecular flexibility index (Phi) is 6.06. The fourth-order valence-electron chi connectivity index (χ4n) is 1.92. The van der Waals surface area contributed by atoms with Crippen LogP contribution >= 0.6 is 11.8 Å². The predicted octanol–water partition coefficient (Wildman–Crippen LogP) is 1.81. The Morgan fingerprint density at radius 1 is 1.59 bits per heavy atom. The number of thioether (sulfide) groups is 1. The first kappa shape index (κ1) is 14.0. The monoisotopic (exact) mass is 254 g/mol. The molecule has 0 aliphatic carbocycles. The quantitative estimate of drug-likeness (QED) is 0.678. The van der Waals surface area contributed by atoms with Gasteiger partial charge in [0.1, 0.15) is 0 Å². The summed E-state index contributed by atoms with van der Waals surface area (Å²) in [5.74, 6) is 1.25. The van der Waals surface area contributed by atoms with Crippen LogP contribution in [0.15, 0.2) is 0 Å². The van der Waals surface area contributed by atoms with E-state index in [2.05, 4.69) is 6.07 Å². The van der Waals surface area contributed by atoms with E-state index < -0.39 is 0 Å². The fourth-order valence-corrected chi connectivity index (χ4v) is 2.62. The fraction of sp³-hybridized carbons (Fsp3) is 0.750. The number of rotatable bonds is 6. The van der Waals surface area contributed by atoms with Crippen LogP contribution in [0.25, 0.3) is 0 Å². The minimum atomic E-state index is 0.116. The number of likely N-dealkylation sites (tertiary alicyclic amines) is 1. The lowest BCUT2D eigenvalue weighted by Crippen LogP contribution is -2.26. The number of hydrogen-bond acceptors (Lipinski definition) is 4. The highest BCUT2D eigenvalue weighted by molar-refractivity contribution is 8.13. The summed E-state index contributed by atoms with van der Waals surface area (Å²) >= 11 is 1.30. The zero-order chi connectivity index (χ0) is 12.7. The van der Waals surface area contributed by atoms with E-state index in [1.807, 2.05) is 4.90 Å². The van der Waals surface area contributed by atoms with E-state index in [1.54, 1.807) is 6.92 Å². The van der Waals surface area contributed by atoms with Crippen LogP contribution in [0.3, 0.4) is 0 Å². The van der Waals surface area contributed by atoms with Crippen molar-refractivity contribution >= 4 is 22.8 Å². The third-order valence-corrected chi connectivity index (χ3v) is 3.83. The molecule has 1 heterocycles. The highest BCUT2D eigenvalue weighted by Gasteiger charge is 2.29. The molecule has 0 aromatic rings. The number of unbranched alkanes of at least 4 members (excludes halogenated alkanes) is 2. The molecule has 0 spiro atoms. The van der Waals surface area contributed by atoms with Gasteiger partial charge in [-0.05, 0) is 18.8 Å². The van der Waals surface area contributed by atoms with Crippen molar-refractivity contribution in [2.75, 3.05) is 18.8 Å². The van der Waals surface area contributed by atoms with E-state index in [0.29, 0.717) is 18.8 Å². The molecule has 0 radical (unpaired) electrons. The van der Waals surface area contributed by atoms with E-state index in [0.717, 1.165) is 31.7 Å². The van der Waals surface area contributed by atoms with Gasteiger partial charge in [0.25, 0.3) is 0 Å². The number of nitrogens with zero attached hydrogens (tertiary/aromatic N) is 2. The molecule has 1 atom stereocenters. The molecule has 0 aromatic heterocycles. The lowest BCUT2D eigenvalue weighted by molar-refractivity contribution is -0.127. The zero-order valence-electron chi connectivity index (χ0n) is 10.1. The van der Waals surface area contributed by atoms with Crippen LogP contribution in [0.1, 0.15) is 32.6 Å². The molecule has 1 saturated heterocycles. The molecule has 4 nitrogen and oxygen atoms in total. The minimum Gasteiger partial charge on any atom is -0.342 e. The molecule has 1 aliphatic heterocycles. The summed E-state index contributed by atoms with van der Waals surface area (Å²) in [4.78, 5) is 24.4. The first-order valence-electron chi connectivity index (χ1n) is 5.91. The molecular weight excluding hydrogens is 236 g/mol. The first-order valence-corrected chi connectivity index (χ1v) is 6.90. The van der Waals surface area contributed by atoms with Gasteiger partial charge in [0, 0.05) is 38.6 Å². The van der Waals surface area contributed by atoms with Gasteiger partial charge in [-0.1, -0.05) is 11.8 Å². The van der Waals surface area contributed by atoms with Gasteiger partial charge in [0.15, 0.2) is 5.12 Å². The highest BCUT2D eigenvalue weighted by atomic mass is 32.2. The van der Waals surface area contributed by atoms with Crippen molar-refractivity contribution in [3.63, 3.8) is 0 Å². The number of amides is 1. The lowest BCUT2D eigenvalue weighted by Gasteiger charge is -2.15. The summed E-state index contributed by atoms with van der Waals surface area (Å²) in [7, 11) is 0. The molecule has 5 heteroatoms. The van der Waals surface area contributed by atoms with Crippen LogP contribution in [0.2, 0.25) is 0 Å². The number of carbonyl (C=O) groups excluding carboxylic acids is 2. The van der Waals surface area contributed by atoms with Crippen molar-refractivity contribution in [2.45, 2.75) is 32.6 Å². The summed E-state index contributed by atoms with van der Waals surface area (Å²) in [6, 6.07) is 2.10. The van der Waals surface area contributed by atoms with Crippen LogP contribution in [-0.2, 0) is 9.59 Å². The van der Waals surface area contributed by atoms with Gasteiger partial charge >= 0.3 is 0 Å². The Labute approximate surface area is 106 Å². The summed E-state index contributed by atoms with van der Waals surface area (Å²) in [5, 5.41) is 8.52. The van der Waals surface area contributed by atoms with Gasteiger partial charge < -0.3 is 4.90 Å². The summed E-state index contributed by atoms with van der Waals surface area (Å²) in [5.41, 5.74) is 0. The zero-order valence-corrected chi connectivity index (χ0v) is 11.0. The van der Waals surface area contributed by atoms with Crippen molar-refractivity contribution in [3.05, 3.63) is 0 Å². The Hall–Kier alpha value is -1.02.